The standard InChI is InChI=1S/C21H25F7O6/c1-17(22,23)10-32-16(30)18-4-11-2-12(5-18)20(13(3-11)6-18)33-9-14(34-20)8-31-15(29)7-19(24,25)21(26,27)28/h11-14H,2-10H2,1H3. The van der Waals surface area contributed by atoms with E-state index in [2.05, 4.69) is 4.74 Å². The third-order valence-electron chi connectivity index (χ3n) is 7.27. The molecule has 5 fully saturated rings. The van der Waals surface area contributed by atoms with E-state index >= 15 is 0 Å². The number of carbonyl (C=O) groups excluding carboxylic acids is 2. The number of esters is 2. The molecule has 13 heteroatoms. The van der Waals surface area contributed by atoms with Gasteiger partial charge in [-0.05, 0) is 38.0 Å². The molecule has 0 aromatic rings. The van der Waals surface area contributed by atoms with Gasteiger partial charge in [0.2, 0.25) is 0 Å². The Hall–Kier alpha value is -1.63. The van der Waals surface area contributed by atoms with Crippen LogP contribution in [0, 0.1) is 23.2 Å². The molecule has 1 spiro atoms. The van der Waals surface area contributed by atoms with Gasteiger partial charge >= 0.3 is 24.0 Å². The lowest BCUT2D eigenvalue weighted by Gasteiger charge is -2.61. The molecule has 0 N–H and O–H groups in total. The Bertz CT molecular complexity index is 807. The van der Waals surface area contributed by atoms with E-state index in [4.69, 9.17) is 14.2 Å². The van der Waals surface area contributed by atoms with E-state index in [9.17, 15) is 40.3 Å². The Morgan fingerprint density at radius 1 is 0.971 bits per heavy atom. The monoisotopic (exact) mass is 506 g/mol. The Balaban J connectivity index is 1.35. The van der Waals surface area contributed by atoms with E-state index in [0.29, 0.717) is 39.0 Å². The fourth-order valence-electron chi connectivity index (χ4n) is 6.10. The number of rotatable bonds is 7. The van der Waals surface area contributed by atoms with Crippen LogP contribution in [0.1, 0.15) is 45.4 Å². The van der Waals surface area contributed by atoms with Crippen LogP contribution in [0.2, 0.25) is 0 Å². The van der Waals surface area contributed by atoms with Gasteiger partial charge in [0.15, 0.2) is 12.4 Å². The molecule has 4 saturated carbocycles. The fraction of sp³-hybridized carbons (Fsp3) is 0.905. The van der Waals surface area contributed by atoms with Gasteiger partial charge in [-0.25, -0.2) is 8.78 Å². The van der Waals surface area contributed by atoms with Gasteiger partial charge in [-0.2, -0.15) is 22.0 Å². The molecular weight excluding hydrogens is 481 g/mol. The van der Waals surface area contributed by atoms with Crippen LogP contribution in [0.5, 0.6) is 0 Å². The summed E-state index contributed by atoms with van der Waals surface area (Å²) in [5, 5.41) is 0. The van der Waals surface area contributed by atoms with Crippen molar-refractivity contribution >= 4 is 11.9 Å². The second-order valence-corrected chi connectivity index (χ2v) is 10.1. The van der Waals surface area contributed by atoms with Crippen molar-refractivity contribution in [3.8, 4) is 0 Å². The first kappa shape index (κ1) is 25.5. The minimum Gasteiger partial charge on any atom is -0.463 e. The third kappa shape index (κ3) is 4.61. The van der Waals surface area contributed by atoms with Crippen LogP contribution in [0.3, 0.4) is 0 Å². The van der Waals surface area contributed by atoms with Crippen molar-refractivity contribution in [1.82, 2.24) is 0 Å². The Morgan fingerprint density at radius 2 is 1.59 bits per heavy atom. The van der Waals surface area contributed by atoms with Crippen LogP contribution in [0.25, 0.3) is 0 Å². The van der Waals surface area contributed by atoms with Crippen LogP contribution in [0.4, 0.5) is 30.7 Å². The van der Waals surface area contributed by atoms with Gasteiger partial charge in [-0.1, -0.05) is 0 Å². The van der Waals surface area contributed by atoms with E-state index in [0.717, 1.165) is 0 Å². The Kier molecular flexibility index (Phi) is 6.15. The van der Waals surface area contributed by atoms with Crippen molar-refractivity contribution in [1.29, 1.82) is 0 Å². The van der Waals surface area contributed by atoms with Crippen molar-refractivity contribution in [3.05, 3.63) is 0 Å². The van der Waals surface area contributed by atoms with Crippen LogP contribution in [-0.2, 0) is 28.5 Å². The minimum atomic E-state index is -5.87. The number of halogens is 7. The normalized spacial score (nSPS) is 37.3. The first-order valence-corrected chi connectivity index (χ1v) is 11.0. The lowest BCUT2D eigenvalue weighted by atomic mass is 9.47. The quantitative estimate of drug-likeness (QED) is 0.380. The summed E-state index contributed by atoms with van der Waals surface area (Å²) in [5.41, 5.74) is -0.909. The number of hydrogen-bond donors (Lipinski definition) is 0. The highest BCUT2D eigenvalue weighted by Crippen LogP contribution is 2.66. The van der Waals surface area contributed by atoms with Crippen LogP contribution in [0.15, 0.2) is 0 Å². The zero-order chi connectivity index (χ0) is 25.2. The summed E-state index contributed by atoms with van der Waals surface area (Å²) >= 11 is 0. The maximum absolute atomic E-state index is 13.2. The molecule has 1 saturated heterocycles. The number of carbonyl (C=O) groups is 2. The summed E-state index contributed by atoms with van der Waals surface area (Å²) in [6.07, 6.45) is -6.41. The fourth-order valence-corrected chi connectivity index (χ4v) is 6.10. The zero-order valence-electron chi connectivity index (χ0n) is 18.3. The summed E-state index contributed by atoms with van der Waals surface area (Å²) in [5.74, 6) is -12.2. The first-order valence-electron chi connectivity index (χ1n) is 11.0. The Morgan fingerprint density at radius 3 is 2.15 bits per heavy atom. The van der Waals surface area contributed by atoms with Crippen molar-refractivity contribution in [2.75, 3.05) is 19.8 Å². The Labute approximate surface area is 190 Å². The van der Waals surface area contributed by atoms with E-state index in [-0.39, 0.29) is 24.4 Å². The SMILES string of the molecule is CC(F)(F)COC(=O)C12CC3CC(C1)C1(OCC(COC(=O)CC(F)(F)C(F)(F)F)O1)C(C3)C2. The molecule has 0 radical (unpaired) electrons. The van der Waals surface area contributed by atoms with Crippen molar-refractivity contribution in [3.63, 3.8) is 0 Å². The van der Waals surface area contributed by atoms with Crippen LogP contribution in [-0.4, -0.2) is 61.7 Å². The van der Waals surface area contributed by atoms with Gasteiger partial charge < -0.3 is 18.9 Å². The second kappa shape index (κ2) is 8.21. The molecule has 3 unspecified atom stereocenters. The summed E-state index contributed by atoms with van der Waals surface area (Å²) < 4.78 is 111. The molecule has 5 rings (SSSR count). The highest BCUT2D eigenvalue weighted by atomic mass is 19.4. The molecule has 6 nitrogen and oxygen atoms in total. The molecule has 3 atom stereocenters. The van der Waals surface area contributed by atoms with E-state index in [1.54, 1.807) is 0 Å². The van der Waals surface area contributed by atoms with Crippen LogP contribution < -0.4 is 0 Å². The van der Waals surface area contributed by atoms with Gasteiger partial charge in [-0.3, -0.25) is 9.59 Å². The van der Waals surface area contributed by atoms with E-state index in [1.165, 1.54) is 0 Å². The average Bonchev–Trinajstić information content (AvgIpc) is 3.12. The lowest BCUT2D eigenvalue weighted by Crippen LogP contribution is -2.63. The predicted molar refractivity (Wildman–Crippen MR) is 97.7 cm³/mol. The summed E-state index contributed by atoms with van der Waals surface area (Å²) in [4.78, 5) is 24.3. The second-order valence-electron chi connectivity index (χ2n) is 10.1. The summed E-state index contributed by atoms with van der Waals surface area (Å²) in [6.45, 7) is -0.977. The largest absolute Gasteiger partial charge is 0.463 e. The molecule has 1 aliphatic heterocycles. The third-order valence-corrected chi connectivity index (χ3v) is 7.27. The molecule has 4 aliphatic carbocycles. The predicted octanol–water partition coefficient (Wildman–Crippen LogP) is 4.25. The number of hydrogen-bond acceptors (Lipinski definition) is 6. The number of alkyl halides is 7. The van der Waals surface area contributed by atoms with Gasteiger partial charge in [0.25, 0.3) is 5.92 Å². The van der Waals surface area contributed by atoms with Gasteiger partial charge in [-0.15, -0.1) is 0 Å². The van der Waals surface area contributed by atoms with Gasteiger partial charge in [0.1, 0.15) is 19.1 Å². The van der Waals surface area contributed by atoms with E-state index in [1.807, 2.05) is 0 Å². The molecular formula is C21H25F7O6. The topological polar surface area (TPSA) is 71.1 Å². The molecule has 4 bridgehead atoms. The lowest BCUT2D eigenvalue weighted by molar-refractivity contribution is -0.308. The molecule has 0 aromatic heterocycles. The van der Waals surface area contributed by atoms with E-state index < -0.39 is 66.9 Å². The molecule has 0 amide bonds. The van der Waals surface area contributed by atoms with Crippen molar-refractivity contribution < 1.29 is 59.3 Å². The zero-order valence-corrected chi connectivity index (χ0v) is 18.3. The van der Waals surface area contributed by atoms with Gasteiger partial charge in [0.05, 0.1) is 12.0 Å². The van der Waals surface area contributed by atoms with Gasteiger partial charge in [0, 0.05) is 18.8 Å². The average molecular weight is 506 g/mol. The first-order chi connectivity index (χ1) is 15.6. The summed E-state index contributed by atoms with van der Waals surface area (Å²) in [6, 6.07) is 0. The highest BCUT2D eigenvalue weighted by Gasteiger charge is 2.68. The summed E-state index contributed by atoms with van der Waals surface area (Å²) in [7, 11) is 0. The molecule has 0 aromatic carbocycles. The molecule has 194 valence electrons. The molecule has 5 aliphatic rings. The molecule has 1 heterocycles. The minimum absolute atomic E-state index is 0.0693. The maximum atomic E-state index is 13.2. The highest BCUT2D eigenvalue weighted by molar-refractivity contribution is 5.77. The van der Waals surface area contributed by atoms with Crippen molar-refractivity contribution in [2.24, 2.45) is 23.2 Å². The smallest absolute Gasteiger partial charge is 0.453 e. The van der Waals surface area contributed by atoms with Crippen LogP contribution >= 0.6 is 0 Å². The van der Waals surface area contributed by atoms with Crippen molar-refractivity contribution in [2.45, 2.75) is 75.4 Å². The maximum Gasteiger partial charge on any atom is 0.453 e. The molecule has 34 heavy (non-hydrogen) atoms. The number of ether oxygens (including phenoxy) is 4.